The number of hydrogen-bond donors (Lipinski definition) is 1. The van der Waals surface area contributed by atoms with E-state index >= 15 is 0 Å². The molecule has 0 aliphatic carbocycles. The van der Waals surface area contributed by atoms with Gasteiger partial charge in [-0.25, -0.2) is 4.39 Å². The first kappa shape index (κ1) is 13.2. The van der Waals surface area contributed by atoms with E-state index in [0.29, 0.717) is 13.1 Å². The highest BCUT2D eigenvalue weighted by molar-refractivity contribution is 7.10. The van der Waals surface area contributed by atoms with Crippen LogP contribution >= 0.6 is 11.3 Å². The van der Waals surface area contributed by atoms with Gasteiger partial charge < -0.3 is 5.73 Å². The van der Waals surface area contributed by atoms with E-state index in [1.165, 1.54) is 10.9 Å². The third kappa shape index (κ3) is 3.16. The maximum atomic E-state index is 13.1. The van der Waals surface area contributed by atoms with Gasteiger partial charge in [0.2, 0.25) is 0 Å². The van der Waals surface area contributed by atoms with Gasteiger partial charge in [-0.2, -0.15) is 0 Å². The zero-order valence-electron chi connectivity index (χ0n) is 10.3. The third-order valence-corrected chi connectivity index (χ3v) is 3.92. The maximum Gasteiger partial charge on any atom is 0.123 e. The summed E-state index contributed by atoms with van der Waals surface area (Å²) in [5.74, 6) is -0.193. The molecule has 0 saturated heterocycles. The van der Waals surface area contributed by atoms with Crippen molar-refractivity contribution in [2.24, 2.45) is 5.73 Å². The number of likely N-dealkylation sites (N-methyl/N-ethyl adjacent to an activating group) is 1. The van der Waals surface area contributed by atoms with Gasteiger partial charge in [0.1, 0.15) is 5.82 Å². The molecular weight excluding hydrogens is 247 g/mol. The lowest BCUT2D eigenvalue weighted by atomic mass is 10.1. The normalized spacial score (nSPS) is 12.9. The van der Waals surface area contributed by atoms with Gasteiger partial charge in [0, 0.05) is 18.0 Å². The average Bonchev–Trinajstić information content (AvgIpc) is 2.83. The van der Waals surface area contributed by atoms with Crippen LogP contribution in [0.3, 0.4) is 0 Å². The van der Waals surface area contributed by atoms with E-state index in [9.17, 15) is 4.39 Å². The fraction of sp³-hybridized carbons (Fsp3) is 0.286. The molecule has 1 atom stereocenters. The molecule has 0 spiro atoms. The van der Waals surface area contributed by atoms with Crippen LogP contribution < -0.4 is 5.73 Å². The Hall–Kier alpha value is -1.23. The highest BCUT2D eigenvalue weighted by atomic mass is 32.1. The second-order valence-electron chi connectivity index (χ2n) is 4.31. The van der Waals surface area contributed by atoms with Gasteiger partial charge in [0.25, 0.3) is 0 Å². The predicted molar refractivity (Wildman–Crippen MR) is 74.0 cm³/mol. The molecule has 0 fully saturated rings. The van der Waals surface area contributed by atoms with E-state index in [1.807, 2.05) is 24.6 Å². The predicted octanol–water partition coefficient (Wildman–Crippen LogP) is 3.02. The molecule has 1 heterocycles. The van der Waals surface area contributed by atoms with E-state index in [-0.39, 0.29) is 11.9 Å². The van der Waals surface area contributed by atoms with Gasteiger partial charge in [-0.3, -0.25) is 4.90 Å². The lowest BCUT2D eigenvalue weighted by molar-refractivity contribution is 0.245. The molecule has 2 nitrogen and oxygen atoms in total. The SMILES string of the molecule is CN(Cc1cccc(F)c1)C(CN)c1cccs1. The second kappa shape index (κ2) is 6.09. The van der Waals surface area contributed by atoms with E-state index in [2.05, 4.69) is 11.0 Å². The molecule has 2 N–H and O–H groups in total. The average molecular weight is 264 g/mol. The summed E-state index contributed by atoms with van der Waals surface area (Å²) in [4.78, 5) is 3.40. The molecule has 0 aliphatic rings. The Morgan fingerprint density at radius 2 is 2.17 bits per heavy atom. The van der Waals surface area contributed by atoms with Gasteiger partial charge in [0.15, 0.2) is 0 Å². The monoisotopic (exact) mass is 264 g/mol. The number of rotatable bonds is 5. The summed E-state index contributed by atoms with van der Waals surface area (Å²) in [5, 5.41) is 2.05. The van der Waals surface area contributed by atoms with Crippen LogP contribution in [0, 0.1) is 5.82 Å². The molecule has 1 unspecified atom stereocenters. The van der Waals surface area contributed by atoms with Gasteiger partial charge in [-0.1, -0.05) is 18.2 Å². The molecule has 0 bridgehead atoms. The standard InChI is InChI=1S/C14H17FN2S/c1-17(10-11-4-2-5-12(15)8-11)13(9-16)14-6-3-7-18-14/h2-8,13H,9-10,16H2,1H3. The van der Waals surface area contributed by atoms with Crippen LogP contribution in [0.2, 0.25) is 0 Å². The number of halogens is 1. The summed E-state index contributed by atoms with van der Waals surface area (Å²) >= 11 is 1.70. The molecule has 0 aliphatic heterocycles. The summed E-state index contributed by atoms with van der Waals surface area (Å²) in [7, 11) is 2.02. The molecule has 2 rings (SSSR count). The van der Waals surface area contributed by atoms with E-state index in [4.69, 9.17) is 5.73 Å². The molecule has 96 valence electrons. The fourth-order valence-corrected chi connectivity index (χ4v) is 2.93. The summed E-state index contributed by atoms with van der Waals surface area (Å²) in [6.45, 7) is 1.25. The molecule has 0 radical (unpaired) electrons. The van der Waals surface area contributed by atoms with Crippen molar-refractivity contribution in [1.82, 2.24) is 4.90 Å². The van der Waals surface area contributed by atoms with Crippen molar-refractivity contribution < 1.29 is 4.39 Å². The van der Waals surface area contributed by atoms with Crippen LogP contribution in [0.5, 0.6) is 0 Å². The Labute approximate surface area is 111 Å². The van der Waals surface area contributed by atoms with Crippen LogP contribution in [0.1, 0.15) is 16.5 Å². The number of hydrogen-bond acceptors (Lipinski definition) is 3. The van der Waals surface area contributed by atoms with Crippen molar-refractivity contribution >= 4 is 11.3 Å². The molecule has 0 saturated carbocycles. The maximum absolute atomic E-state index is 13.1. The zero-order chi connectivity index (χ0) is 13.0. The molecule has 2 aromatic rings. The van der Waals surface area contributed by atoms with Crippen molar-refractivity contribution in [3.8, 4) is 0 Å². The van der Waals surface area contributed by atoms with Crippen LogP contribution in [-0.2, 0) is 6.54 Å². The Kier molecular flexibility index (Phi) is 4.47. The minimum Gasteiger partial charge on any atom is -0.329 e. The highest BCUT2D eigenvalue weighted by Crippen LogP contribution is 2.24. The Bertz CT molecular complexity index is 484. The number of benzene rings is 1. The minimum absolute atomic E-state index is 0.188. The molecule has 0 amide bonds. The summed E-state index contributed by atoms with van der Waals surface area (Å²) in [6.07, 6.45) is 0. The van der Waals surface area contributed by atoms with Crippen molar-refractivity contribution in [2.75, 3.05) is 13.6 Å². The number of thiophene rings is 1. The quantitative estimate of drug-likeness (QED) is 0.899. The van der Waals surface area contributed by atoms with Gasteiger partial charge in [-0.15, -0.1) is 11.3 Å². The van der Waals surface area contributed by atoms with E-state index in [0.717, 1.165) is 5.56 Å². The van der Waals surface area contributed by atoms with E-state index in [1.54, 1.807) is 23.5 Å². The Morgan fingerprint density at radius 1 is 1.33 bits per heavy atom. The summed E-state index contributed by atoms with van der Waals surface area (Å²) in [6, 6.07) is 11.0. The molecule has 1 aromatic heterocycles. The van der Waals surface area contributed by atoms with Crippen LogP contribution in [0.15, 0.2) is 41.8 Å². The summed E-state index contributed by atoms with van der Waals surface area (Å²) < 4.78 is 13.1. The van der Waals surface area contributed by atoms with Crippen LogP contribution in [0.4, 0.5) is 4.39 Å². The van der Waals surface area contributed by atoms with Crippen molar-refractivity contribution in [2.45, 2.75) is 12.6 Å². The lowest BCUT2D eigenvalue weighted by Crippen LogP contribution is -2.29. The van der Waals surface area contributed by atoms with Crippen LogP contribution in [-0.4, -0.2) is 18.5 Å². The van der Waals surface area contributed by atoms with Crippen molar-refractivity contribution in [3.05, 3.63) is 58.0 Å². The van der Waals surface area contributed by atoms with E-state index < -0.39 is 0 Å². The van der Waals surface area contributed by atoms with Crippen molar-refractivity contribution in [1.29, 1.82) is 0 Å². The van der Waals surface area contributed by atoms with Crippen LogP contribution in [0.25, 0.3) is 0 Å². The van der Waals surface area contributed by atoms with Gasteiger partial charge in [0.05, 0.1) is 6.04 Å². The first-order valence-corrected chi connectivity index (χ1v) is 6.77. The zero-order valence-corrected chi connectivity index (χ0v) is 11.2. The smallest absolute Gasteiger partial charge is 0.123 e. The largest absolute Gasteiger partial charge is 0.329 e. The number of nitrogens with zero attached hydrogens (tertiary/aromatic N) is 1. The molecule has 1 aromatic carbocycles. The molecule has 18 heavy (non-hydrogen) atoms. The molecular formula is C14H17FN2S. The Morgan fingerprint density at radius 3 is 2.78 bits per heavy atom. The molecule has 4 heteroatoms. The first-order valence-electron chi connectivity index (χ1n) is 5.89. The lowest BCUT2D eigenvalue weighted by Gasteiger charge is -2.26. The third-order valence-electron chi connectivity index (χ3n) is 2.95. The topological polar surface area (TPSA) is 29.3 Å². The summed E-state index contributed by atoms with van der Waals surface area (Å²) in [5.41, 5.74) is 6.80. The second-order valence-corrected chi connectivity index (χ2v) is 5.29. The van der Waals surface area contributed by atoms with Gasteiger partial charge in [-0.05, 0) is 36.2 Å². The fourth-order valence-electron chi connectivity index (χ4n) is 2.03. The minimum atomic E-state index is -0.193. The number of nitrogens with two attached hydrogens (primary N) is 1. The van der Waals surface area contributed by atoms with Gasteiger partial charge >= 0.3 is 0 Å². The van der Waals surface area contributed by atoms with Crippen molar-refractivity contribution in [3.63, 3.8) is 0 Å². The first-order chi connectivity index (χ1) is 8.70. The Balaban J connectivity index is 2.08. The highest BCUT2D eigenvalue weighted by Gasteiger charge is 2.16.